The Morgan fingerprint density at radius 3 is 1.13 bits per heavy atom. The van der Waals surface area contributed by atoms with Gasteiger partial charge in [0.05, 0.1) is 0 Å². The Balaban J connectivity index is -0.000000153. The van der Waals surface area contributed by atoms with Crippen molar-refractivity contribution in [2.75, 3.05) is 0 Å². The number of rotatable bonds is 0. The maximum Gasteiger partial charge on any atom is 0.427 e. The monoisotopic (exact) mass is 293 g/mol. The van der Waals surface area contributed by atoms with Crippen molar-refractivity contribution >= 4 is 69.7 Å². The molecule has 15 heavy (non-hydrogen) atoms. The van der Waals surface area contributed by atoms with Crippen LogP contribution in [0.4, 0.5) is 9.59 Å². The quantitative estimate of drug-likeness (QED) is 0.274. The van der Waals surface area contributed by atoms with Crippen LogP contribution in [-0.2, 0) is 0 Å². The van der Waals surface area contributed by atoms with Crippen molar-refractivity contribution in [3.05, 3.63) is 0 Å². The first-order chi connectivity index (χ1) is 6.70. The van der Waals surface area contributed by atoms with Crippen LogP contribution in [0.15, 0.2) is 0 Å². The predicted molar refractivity (Wildman–Crippen MR) is 70.1 cm³/mol. The maximum absolute atomic E-state index is 9.47. The smallest absolute Gasteiger partial charge is 0.427 e. The summed E-state index contributed by atoms with van der Waals surface area (Å²) in [5, 5.41) is 21.6. The zero-order valence-electron chi connectivity index (χ0n) is 7.47. The van der Waals surface area contributed by atoms with Crippen LogP contribution in [0.5, 0.6) is 0 Å². The molecule has 11 heteroatoms. The molecule has 0 aromatic rings. The van der Waals surface area contributed by atoms with Crippen molar-refractivity contribution in [3.63, 3.8) is 0 Å². The highest BCUT2D eigenvalue weighted by Crippen LogP contribution is 1.94. The number of amides is 2. The Labute approximate surface area is 109 Å². The van der Waals surface area contributed by atoms with Crippen molar-refractivity contribution in [1.82, 2.24) is 7.42 Å². The van der Waals surface area contributed by atoms with Crippen LogP contribution in [0.25, 0.3) is 0 Å². The van der Waals surface area contributed by atoms with Gasteiger partial charge < -0.3 is 15.6 Å². The Kier molecular flexibility index (Phi) is 18.2. The van der Waals surface area contributed by atoms with Crippen LogP contribution < -0.4 is 0 Å². The average molecular weight is 293 g/mol. The molecule has 0 saturated heterocycles. The molecule has 0 rings (SSSR count). The minimum absolute atomic E-state index is 0.472. The van der Waals surface area contributed by atoms with Gasteiger partial charge in [0.1, 0.15) is 0 Å². The first kappa shape index (κ1) is 20.1. The molecule has 0 bridgehead atoms. The summed E-state index contributed by atoms with van der Waals surface area (Å²) in [7, 11) is 0. The van der Waals surface area contributed by atoms with Crippen molar-refractivity contribution < 1.29 is 19.8 Å². The first-order valence-corrected chi connectivity index (χ1v) is 4.57. The lowest BCUT2D eigenvalue weighted by Crippen LogP contribution is -2.05. The van der Waals surface area contributed by atoms with Crippen LogP contribution in [0, 0.1) is 5.41 Å². The fourth-order valence-electron chi connectivity index (χ4n) is 0. The molecular formula is C4H11N3O4S4. The second-order valence-electron chi connectivity index (χ2n) is 1.43. The summed E-state index contributed by atoms with van der Waals surface area (Å²) in [6, 6.07) is 0. The number of hydrogen-bond acceptors (Lipinski definition) is 7. The molecule has 0 aromatic heterocycles. The van der Waals surface area contributed by atoms with E-state index in [9.17, 15) is 9.59 Å². The van der Waals surface area contributed by atoms with Gasteiger partial charge in [-0.15, -0.1) is 0 Å². The van der Waals surface area contributed by atoms with Crippen molar-refractivity contribution in [2.24, 2.45) is 0 Å². The second-order valence-corrected chi connectivity index (χ2v) is 3.66. The molecule has 0 heterocycles. The maximum atomic E-state index is 9.47. The average Bonchev–Trinajstić information content (AvgIpc) is 2.06. The molecule has 0 aliphatic carbocycles. The molecule has 0 spiro atoms. The van der Waals surface area contributed by atoms with Gasteiger partial charge in [0.25, 0.3) is 0 Å². The van der Waals surface area contributed by atoms with Gasteiger partial charge in [-0.2, -0.15) is 7.42 Å². The van der Waals surface area contributed by atoms with Gasteiger partial charge in [0.15, 0.2) is 0 Å². The summed E-state index contributed by atoms with van der Waals surface area (Å²) in [5.74, 6) is 0. The van der Waals surface area contributed by atoms with E-state index in [1.807, 2.05) is 0 Å². The fourth-order valence-corrected chi connectivity index (χ4v) is 0. The highest BCUT2D eigenvalue weighted by atomic mass is 32.2. The van der Waals surface area contributed by atoms with Gasteiger partial charge in [-0.1, -0.05) is 0 Å². The Hall–Kier alpha value is -0.390. The molecule has 0 unspecified atom stereocenters. The third-order valence-corrected chi connectivity index (χ3v) is 1.03. The van der Waals surface area contributed by atoms with Gasteiger partial charge in [0, 0.05) is 0 Å². The van der Waals surface area contributed by atoms with Crippen molar-refractivity contribution in [2.45, 2.75) is 6.92 Å². The number of nitrogens with zero attached hydrogens (tertiary/aromatic N) is 2. The normalized spacial score (nSPS) is 7.00. The minimum atomic E-state index is -1.18. The molecule has 3 N–H and O–H groups in total. The summed E-state index contributed by atoms with van der Waals surface area (Å²) in [6.07, 6.45) is -1.11. The second kappa shape index (κ2) is 13.6. The summed E-state index contributed by atoms with van der Waals surface area (Å²) in [5.41, 5.74) is 0. The van der Waals surface area contributed by atoms with Gasteiger partial charge in [-0.25, -0.2) is 9.59 Å². The third kappa shape index (κ3) is 31.7. The van der Waals surface area contributed by atoms with E-state index in [1.54, 1.807) is 6.92 Å². The molecule has 0 atom stereocenters. The van der Waals surface area contributed by atoms with Crippen molar-refractivity contribution in [3.8, 4) is 0 Å². The highest BCUT2D eigenvalue weighted by molar-refractivity contribution is 7.94. The SMILES string of the molecule is CC=N.O=C(O)N(S)S.O=C(O)N(S)S. The van der Waals surface area contributed by atoms with Gasteiger partial charge in [-0.3, -0.25) is 0 Å². The molecule has 0 aliphatic rings. The predicted octanol–water partition coefficient (Wildman–Crippen LogP) is 1.97. The van der Waals surface area contributed by atoms with Gasteiger partial charge in [-0.05, 0) is 64.4 Å². The molecule has 2 amide bonds. The van der Waals surface area contributed by atoms with E-state index in [-0.39, 0.29) is 0 Å². The van der Waals surface area contributed by atoms with Crippen molar-refractivity contribution in [1.29, 1.82) is 5.41 Å². The number of hydrogen-bond donors (Lipinski definition) is 7. The Bertz CT molecular complexity index is 182. The minimum Gasteiger partial charge on any atom is -0.464 e. The molecular weight excluding hydrogens is 282 g/mol. The van der Waals surface area contributed by atoms with Crippen LogP contribution in [0.2, 0.25) is 0 Å². The number of nitrogens with one attached hydrogen (secondary N) is 1. The molecule has 0 radical (unpaired) electrons. The zero-order valence-corrected chi connectivity index (χ0v) is 11.0. The molecule has 0 saturated carbocycles. The largest absolute Gasteiger partial charge is 0.464 e. The topological polar surface area (TPSA) is 105 Å². The zero-order chi connectivity index (χ0) is 13.0. The molecule has 90 valence electrons. The van der Waals surface area contributed by atoms with Crippen LogP contribution in [0.1, 0.15) is 6.92 Å². The lowest BCUT2D eigenvalue weighted by molar-refractivity contribution is 0.190. The molecule has 7 nitrogen and oxygen atoms in total. The summed E-state index contributed by atoms with van der Waals surface area (Å²) in [4.78, 5) is 18.9. The lowest BCUT2D eigenvalue weighted by atomic mass is 10.9. The van der Waals surface area contributed by atoms with E-state index < -0.39 is 12.2 Å². The summed E-state index contributed by atoms with van der Waals surface area (Å²) < 4.78 is 0.944. The lowest BCUT2D eigenvalue weighted by Gasteiger charge is -1.95. The van der Waals surface area contributed by atoms with Crippen LogP contribution >= 0.6 is 51.3 Å². The molecule has 0 aromatic carbocycles. The van der Waals surface area contributed by atoms with E-state index in [0.717, 1.165) is 0 Å². The fraction of sp³-hybridized carbons (Fsp3) is 0.250. The van der Waals surface area contributed by atoms with E-state index in [1.165, 1.54) is 6.21 Å². The van der Waals surface area contributed by atoms with Crippen LogP contribution in [-0.4, -0.2) is 36.0 Å². The Morgan fingerprint density at radius 2 is 1.13 bits per heavy atom. The van der Waals surface area contributed by atoms with Gasteiger partial charge in [0.2, 0.25) is 0 Å². The van der Waals surface area contributed by atoms with E-state index in [4.69, 9.17) is 15.6 Å². The summed E-state index contributed by atoms with van der Waals surface area (Å²) in [6.45, 7) is 1.67. The van der Waals surface area contributed by atoms with E-state index in [2.05, 4.69) is 51.3 Å². The third-order valence-electron chi connectivity index (χ3n) is 0.342. The molecule has 0 fully saturated rings. The first-order valence-electron chi connectivity index (χ1n) is 2.97. The Morgan fingerprint density at radius 1 is 1.07 bits per heavy atom. The number of carboxylic acid groups (broad SMARTS) is 2. The van der Waals surface area contributed by atoms with Crippen LogP contribution in [0.3, 0.4) is 0 Å². The standard InChI is InChI=1S/C2H5N.2CH3NO2S2/c1-2-3;2*3-1(4)2(5)6/h2-3H,1H3;2*5-6H,(H,3,4). The van der Waals surface area contributed by atoms with Gasteiger partial charge >= 0.3 is 12.2 Å². The number of carbonyl (C=O) groups is 2. The summed E-state index contributed by atoms with van der Waals surface area (Å²) >= 11 is 13.2. The van der Waals surface area contributed by atoms with E-state index in [0.29, 0.717) is 7.42 Å². The number of thiol groups is 4. The highest BCUT2D eigenvalue weighted by Gasteiger charge is 1.95. The molecule has 0 aliphatic heterocycles. The van der Waals surface area contributed by atoms with E-state index >= 15 is 0 Å².